The van der Waals surface area contributed by atoms with Crippen LogP contribution in [0.1, 0.15) is 50.5 Å². The van der Waals surface area contributed by atoms with Crippen molar-refractivity contribution >= 4 is 21.8 Å². The second-order valence-electron chi connectivity index (χ2n) is 5.73. The SMILES string of the molecule is CCCn1cc(Br)cc1C(=O)N(CC1CC1)C(C)C. The van der Waals surface area contributed by atoms with Crippen molar-refractivity contribution in [2.24, 2.45) is 5.92 Å². The van der Waals surface area contributed by atoms with Crippen LogP contribution in [0.4, 0.5) is 0 Å². The molecule has 0 bridgehead atoms. The van der Waals surface area contributed by atoms with Gasteiger partial charge in [0.15, 0.2) is 0 Å². The van der Waals surface area contributed by atoms with Gasteiger partial charge in [-0.3, -0.25) is 4.79 Å². The molecule has 1 aliphatic carbocycles. The molecule has 1 aromatic heterocycles. The van der Waals surface area contributed by atoms with Gasteiger partial charge in [0.1, 0.15) is 5.69 Å². The third kappa shape index (κ3) is 3.62. The Morgan fingerprint density at radius 2 is 2.21 bits per heavy atom. The summed E-state index contributed by atoms with van der Waals surface area (Å²) in [6.07, 6.45) is 5.59. The molecule has 3 nitrogen and oxygen atoms in total. The van der Waals surface area contributed by atoms with E-state index in [1.165, 1.54) is 12.8 Å². The summed E-state index contributed by atoms with van der Waals surface area (Å²) >= 11 is 3.48. The van der Waals surface area contributed by atoms with E-state index >= 15 is 0 Å². The lowest BCUT2D eigenvalue weighted by Crippen LogP contribution is -2.39. The summed E-state index contributed by atoms with van der Waals surface area (Å²) in [5.74, 6) is 0.894. The number of aryl methyl sites for hydroxylation is 1. The zero-order valence-corrected chi connectivity index (χ0v) is 13.6. The standard InChI is InChI=1S/C15H23BrN2O/c1-4-7-17-10-13(16)8-14(17)15(19)18(11(2)3)9-12-5-6-12/h8,10-12H,4-7,9H2,1-3H3. The first-order chi connectivity index (χ1) is 9.02. The smallest absolute Gasteiger partial charge is 0.270 e. The Bertz CT molecular complexity index is 449. The minimum Gasteiger partial charge on any atom is -0.342 e. The number of carbonyl (C=O) groups excluding carboxylic acids is 1. The number of aromatic nitrogens is 1. The maximum Gasteiger partial charge on any atom is 0.270 e. The van der Waals surface area contributed by atoms with Gasteiger partial charge in [-0.05, 0) is 61.0 Å². The zero-order valence-electron chi connectivity index (χ0n) is 12.0. The first kappa shape index (κ1) is 14.6. The predicted octanol–water partition coefficient (Wildman–Crippen LogP) is 3.92. The molecule has 0 atom stereocenters. The number of hydrogen-bond donors (Lipinski definition) is 0. The average molecular weight is 327 g/mol. The fourth-order valence-corrected chi connectivity index (χ4v) is 2.80. The molecule has 19 heavy (non-hydrogen) atoms. The number of carbonyl (C=O) groups is 1. The highest BCUT2D eigenvalue weighted by molar-refractivity contribution is 9.10. The minimum absolute atomic E-state index is 0.168. The lowest BCUT2D eigenvalue weighted by Gasteiger charge is -2.27. The predicted molar refractivity (Wildman–Crippen MR) is 81.3 cm³/mol. The molecule has 2 rings (SSSR count). The van der Waals surface area contributed by atoms with Gasteiger partial charge in [-0.25, -0.2) is 0 Å². The van der Waals surface area contributed by atoms with Gasteiger partial charge in [0, 0.05) is 29.8 Å². The van der Waals surface area contributed by atoms with E-state index in [1.54, 1.807) is 0 Å². The van der Waals surface area contributed by atoms with Gasteiger partial charge in [0.25, 0.3) is 5.91 Å². The molecule has 4 heteroatoms. The molecule has 0 aliphatic heterocycles. The molecule has 1 aliphatic rings. The van der Waals surface area contributed by atoms with E-state index in [0.717, 1.165) is 35.6 Å². The van der Waals surface area contributed by atoms with Crippen LogP contribution in [0.2, 0.25) is 0 Å². The van der Waals surface area contributed by atoms with E-state index in [0.29, 0.717) is 0 Å². The molecular weight excluding hydrogens is 304 g/mol. The van der Waals surface area contributed by atoms with Crippen LogP contribution in [0.15, 0.2) is 16.7 Å². The Balaban J connectivity index is 2.19. The van der Waals surface area contributed by atoms with Crippen molar-refractivity contribution < 1.29 is 4.79 Å². The van der Waals surface area contributed by atoms with E-state index in [1.807, 2.05) is 17.2 Å². The summed E-state index contributed by atoms with van der Waals surface area (Å²) in [5.41, 5.74) is 0.808. The molecule has 106 valence electrons. The van der Waals surface area contributed by atoms with Gasteiger partial charge in [-0.2, -0.15) is 0 Å². The number of rotatable bonds is 6. The van der Waals surface area contributed by atoms with E-state index in [4.69, 9.17) is 0 Å². The van der Waals surface area contributed by atoms with Gasteiger partial charge in [0.2, 0.25) is 0 Å². The maximum absolute atomic E-state index is 12.7. The highest BCUT2D eigenvalue weighted by atomic mass is 79.9. The molecule has 1 amide bonds. The van der Waals surface area contributed by atoms with E-state index in [-0.39, 0.29) is 11.9 Å². The summed E-state index contributed by atoms with van der Waals surface area (Å²) in [6.45, 7) is 8.13. The van der Waals surface area contributed by atoms with Crippen LogP contribution in [-0.4, -0.2) is 28.0 Å². The van der Waals surface area contributed by atoms with E-state index < -0.39 is 0 Å². The van der Waals surface area contributed by atoms with Crippen LogP contribution >= 0.6 is 15.9 Å². The van der Waals surface area contributed by atoms with Crippen LogP contribution in [0.3, 0.4) is 0 Å². The van der Waals surface area contributed by atoms with Crippen molar-refractivity contribution in [1.29, 1.82) is 0 Å². The van der Waals surface area contributed by atoms with Crippen LogP contribution < -0.4 is 0 Å². The number of nitrogens with zero attached hydrogens (tertiary/aromatic N) is 2. The van der Waals surface area contributed by atoms with Crippen molar-refractivity contribution in [3.05, 3.63) is 22.4 Å². The minimum atomic E-state index is 0.168. The Hall–Kier alpha value is -0.770. The van der Waals surface area contributed by atoms with E-state index in [2.05, 4.69) is 41.3 Å². The highest BCUT2D eigenvalue weighted by Gasteiger charge is 2.29. The average Bonchev–Trinajstić information content (AvgIpc) is 3.09. The molecule has 0 saturated heterocycles. The molecule has 1 saturated carbocycles. The normalized spacial score (nSPS) is 15.0. The number of halogens is 1. The highest BCUT2D eigenvalue weighted by Crippen LogP contribution is 2.31. The van der Waals surface area contributed by atoms with Crippen molar-refractivity contribution in [3.8, 4) is 0 Å². The van der Waals surface area contributed by atoms with Gasteiger partial charge < -0.3 is 9.47 Å². The van der Waals surface area contributed by atoms with Crippen molar-refractivity contribution in [1.82, 2.24) is 9.47 Å². The van der Waals surface area contributed by atoms with E-state index in [9.17, 15) is 4.79 Å². The Morgan fingerprint density at radius 1 is 1.53 bits per heavy atom. The fraction of sp³-hybridized carbons (Fsp3) is 0.667. The number of amides is 1. The van der Waals surface area contributed by atoms with Crippen LogP contribution in [0, 0.1) is 5.92 Å². The topological polar surface area (TPSA) is 25.2 Å². The molecular formula is C15H23BrN2O. The Kier molecular flexibility index (Phi) is 4.71. The molecule has 0 N–H and O–H groups in total. The Morgan fingerprint density at radius 3 is 2.74 bits per heavy atom. The molecule has 1 aromatic rings. The molecule has 0 aromatic carbocycles. The van der Waals surface area contributed by atoms with Crippen molar-refractivity contribution in [2.45, 2.75) is 52.6 Å². The van der Waals surface area contributed by atoms with Crippen LogP contribution in [0.5, 0.6) is 0 Å². The summed E-state index contributed by atoms with van der Waals surface area (Å²) in [5, 5.41) is 0. The summed E-state index contributed by atoms with van der Waals surface area (Å²) in [7, 11) is 0. The molecule has 1 fully saturated rings. The maximum atomic E-state index is 12.7. The zero-order chi connectivity index (χ0) is 14.0. The summed E-state index contributed by atoms with van der Waals surface area (Å²) in [6, 6.07) is 2.21. The summed E-state index contributed by atoms with van der Waals surface area (Å²) < 4.78 is 3.05. The Labute approximate surface area is 124 Å². The third-order valence-corrected chi connectivity index (χ3v) is 4.02. The molecule has 0 radical (unpaired) electrons. The molecule has 1 heterocycles. The van der Waals surface area contributed by atoms with Gasteiger partial charge >= 0.3 is 0 Å². The fourth-order valence-electron chi connectivity index (χ4n) is 2.33. The van der Waals surface area contributed by atoms with Crippen molar-refractivity contribution in [2.75, 3.05) is 6.54 Å². The second-order valence-corrected chi connectivity index (χ2v) is 6.65. The van der Waals surface area contributed by atoms with Crippen LogP contribution in [-0.2, 0) is 6.54 Å². The number of hydrogen-bond acceptors (Lipinski definition) is 1. The third-order valence-electron chi connectivity index (χ3n) is 3.58. The summed E-state index contributed by atoms with van der Waals surface area (Å²) in [4.78, 5) is 14.8. The van der Waals surface area contributed by atoms with Gasteiger partial charge in [-0.15, -0.1) is 0 Å². The van der Waals surface area contributed by atoms with Crippen molar-refractivity contribution in [3.63, 3.8) is 0 Å². The first-order valence-corrected chi connectivity index (χ1v) is 7.98. The van der Waals surface area contributed by atoms with Gasteiger partial charge in [-0.1, -0.05) is 6.92 Å². The van der Waals surface area contributed by atoms with Gasteiger partial charge in [0.05, 0.1) is 0 Å². The lowest BCUT2D eigenvalue weighted by atomic mass is 10.2. The molecule has 0 spiro atoms. The van der Waals surface area contributed by atoms with Crippen LogP contribution in [0.25, 0.3) is 0 Å². The lowest BCUT2D eigenvalue weighted by molar-refractivity contribution is 0.0685. The monoisotopic (exact) mass is 326 g/mol. The quantitative estimate of drug-likeness (QED) is 0.777. The first-order valence-electron chi connectivity index (χ1n) is 7.19. The largest absolute Gasteiger partial charge is 0.342 e. The second kappa shape index (κ2) is 6.12. The molecule has 0 unspecified atom stereocenters.